The molecule has 1 aromatic rings. The molecule has 0 radical (unpaired) electrons. The third kappa shape index (κ3) is 4.72. The standard InChI is InChI=1S/C16H20N2O4S/c1-3-8-17-15(20)10(2)22-14(19)9-13-16(21)18-11-6-4-5-7-12(11)23-13/h4-7,10,13H,3,8-9H2,1-2H3,(H,17,20)(H,18,21)/t10-,13+/m0/s1. The van der Waals surface area contributed by atoms with Gasteiger partial charge in [-0.1, -0.05) is 19.1 Å². The molecule has 0 saturated carbocycles. The molecule has 23 heavy (non-hydrogen) atoms. The Labute approximate surface area is 139 Å². The molecule has 6 nitrogen and oxygen atoms in total. The maximum atomic E-state index is 12.0. The molecule has 0 unspecified atom stereocenters. The first-order chi connectivity index (χ1) is 11.0. The van der Waals surface area contributed by atoms with Crippen molar-refractivity contribution < 1.29 is 19.1 Å². The quantitative estimate of drug-likeness (QED) is 0.776. The number of hydrogen-bond donors (Lipinski definition) is 2. The van der Waals surface area contributed by atoms with Crippen molar-refractivity contribution in [3.05, 3.63) is 24.3 Å². The molecule has 1 aliphatic heterocycles. The molecular formula is C16H20N2O4S. The molecule has 2 atom stereocenters. The molecule has 0 aliphatic carbocycles. The summed E-state index contributed by atoms with van der Waals surface area (Å²) >= 11 is 1.33. The molecule has 1 aromatic carbocycles. The molecule has 2 rings (SSSR count). The van der Waals surface area contributed by atoms with Gasteiger partial charge in [0.15, 0.2) is 6.10 Å². The maximum absolute atomic E-state index is 12.0. The predicted molar refractivity (Wildman–Crippen MR) is 88.2 cm³/mol. The number of para-hydroxylation sites is 1. The van der Waals surface area contributed by atoms with Gasteiger partial charge in [0.1, 0.15) is 0 Å². The number of carbonyl (C=O) groups excluding carboxylic acids is 3. The number of carbonyl (C=O) groups is 3. The normalized spacial score (nSPS) is 17.7. The topological polar surface area (TPSA) is 84.5 Å². The van der Waals surface area contributed by atoms with E-state index >= 15 is 0 Å². The Balaban J connectivity index is 1.88. The zero-order valence-electron chi connectivity index (χ0n) is 13.1. The Kier molecular flexibility index (Phi) is 6.04. The minimum Gasteiger partial charge on any atom is -0.453 e. The number of nitrogens with one attached hydrogen (secondary N) is 2. The van der Waals surface area contributed by atoms with Crippen LogP contribution >= 0.6 is 11.8 Å². The van der Waals surface area contributed by atoms with E-state index in [1.54, 1.807) is 0 Å². The molecule has 7 heteroatoms. The first kappa shape index (κ1) is 17.3. The van der Waals surface area contributed by atoms with Crippen LogP contribution in [0.5, 0.6) is 0 Å². The third-order valence-corrected chi connectivity index (χ3v) is 4.56. The van der Waals surface area contributed by atoms with E-state index in [1.165, 1.54) is 18.7 Å². The highest BCUT2D eigenvalue weighted by atomic mass is 32.2. The van der Waals surface area contributed by atoms with E-state index in [0.717, 1.165) is 17.0 Å². The summed E-state index contributed by atoms with van der Waals surface area (Å²) in [5, 5.41) is 4.88. The van der Waals surface area contributed by atoms with Gasteiger partial charge in [-0.15, -0.1) is 11.8 Å². The van der Waals surface area contributed by atoms with Crippen molar-refractivity contribution in [2.75, 3.05) is 11.9 Å². The lowest BCUT2D eigenvalue weighted by atomic mass is 10.2. The Bertz CT molecular complexity index is 605. The van der Waals surface area contributed by atoms with Gasteiger partial charge in [-0.05, 0) is 25.5 Å². The molecule has 2 N–H and O–H groups in total. The zero-order chi connectivity index (χ0) is 16.8. The summed E-state index contributed by atoms with van der Waals surface area (Å²) in [5.41, 5.74) is 0.749. The molecular weight excluding hydrogens is 316 g/mol. The Morgan fingerprint density at radius 1 is 1.39 bits per heavy atom. The lowest BCUT2D eigenvalue weighted by Gasteiger charge is -2.23. The summed E-state index contributed by atoms with van der Waals surface area (Å²) in [5.74, 6) is -1.11. The van der Waals surface area contributed by atoms with Gasteiger partial charge in [0.25, 0.3) is 5.91 Å². The van der Waals surface area contributed by atoms with Gasteiger partial charge < -0.3 is 15.4 Å². The van der Waals surface area contributed by atoms with Gasteiger partial charge in [0.05, 0.1) is 17.4 Å². The SMILES string of the molecule is CCCNC(=O)[C@H](C)OC(=O)C[C@H]1Sc2ccccc2NC1=O. The summed E-state index contributed by atoms with van der Waals surface area (Å²) in [6, 6.07) is 7.41. The van der Waals surface area contributed by atoms with Crippen molar-refractivity contribution in [1.82, 2.24) is 5.32 Å². The highest BCUT2D eigenvalue weighted by molar-refractivity contribution is 8.01. The van der Waals surface area contributed by atoms with Gasteiger partial charge in [-0.25, -0.2) is 0 Å². The fraction of sp³-hybridized carbons (Fsp3) is 0.438. The Morgan fingerprint density at radius 2 is 2.13 bits per heavy atom. The van der Waals surface area contributed by atoms with Gasteiger partial charge >= 0.3 is 5.97 Å². The van der Waals surface area contributed by atoms with E-state index < -0.39 is 17.3 Å². The van der Waals surface area contributed by atoms with Gasteiger partial charge in [-0.2, -0.15) is 0 Å². The van der Waals surface area contributed by atoms with Crippen molar-refractivity contribution in [1.29, 1.82) is 0 Å². The van der Waals surface area contributed by atoms with E-state index in [1.807, 2.05) is 31.2 Å². The van der Waals surface area contributed by atoms with Crippen molar-refractivity contribution in [2.24, 2.45) is 0 Å². The van der Waals surface area contributed by atoms with Crippen LogP contribution in [0.1, 0.15) is 26.7 Å². The highest BCUT2D eigenvalue weighted by Crippen LogP contribution is 2.36. The molecule has 0 bridgehead atoms. The predicted octanol–water partition coefficient (Wildman–Crippen LogP) is 1.95. The first-order valence-electron chi connectivity index (χ1n) is 7.55. The number of benzene rings is 1. The summed E-state index contributed by atoms with van der Waals surface area (Å²) in [7, 11) is 0. The Morgan fingerprint density at radius 3 is 2.87 bits per heavy atom. The van der Waals surface area contributed by atoms with Gasteiger partial charge in [-0.3, -0.25) is 14.4 Å². The number of amides is 2. The van der Waals surface area contributed by atoms with Gasteiger partial charge in [0, 0.05) is 11.4 Å². The monoisotopic (exact) mass is 336 g/mol. The number of ether oxygens (including phenoxy) is 1. The number of hydrogen-bond acceptors (Lipinski definition) is 5. The number of esters is 1. The molecule has 0 fully saturated rings. The lowest BCUT2D eigenvalue weighted by molar-refractivity contribution is -0.155. The summed E-state index contributed by atoms with van der Waals surface area (Å²) in [6.07, 6.45) is -0.126. The van der Waals surface area contributed by atoms with Crippen molar-refractivity contribution in [3.8, 4) is 0 Å². The van der Waals surface area contributed by atoms with Crippen LogP contribution in [0.15, 0.2) is 29.2 Å². The highest BCUT2D eigenvalue weighted by Gasteiger charge is 2.30. The van der Waals surface area contributed by atoms with Gasteiger partial charge in [0.2, 0.25) is 5.91 Å². The zero-order valence-corrected chi connectivity index (χ0v) is 13.9. The summed E-state index contributed by atoms with van der Waals surface area (Å²) in [6.45, 7) is 4.00. The maximum Gasteiger partial charge on any atom is 0.308 e. The van der Waals surface area contributed by atoms with Crippen LogP contribution in [0, 0.1) is 0 Å². The third-order valence-electron chi connectivity index (χ3n) is 3.29. The molecule has 0 spiro atoms. The summed E-state index contributed by atoms with van der Waals surface area (Å²) in [4.78, 5) is 36.6. The molecule has 124 valence electrons. The number of thioether (sulfide) groups is 1. The second-order valence-electron chi connectivity index (χ2n) is 5.22. The number of anilines is 1. The molecule has 0 saturated heterocycles. The summed E-state index contributed by atoms with van der Waals surface area (Å²) < 4.78 is 5.10. The van der Waals surface area contributed by atoms with Crippen LogP contribution in [0.3, 0.4) is 0 Å². The largest absolute Gasteiger partial charge is 0.453 e. The molecule has 2 amide bonds. The molecule has 0 aromatic heterocycles. The average Bonchev–Trinajstić information content (AvgIpc) is 2.53. The average molecular weight is 336 g/mol. The number of fused-ring (bicyclic) bond motifs is 1. The van der Waals surface area contributed by atoms with E-state index in [9.17, 15) is 14.4 Å². The molecule has 1 heterocycles. The van der Waals surface area contributed by atoms with Crippen LogP contribution in [-0.4, -0.2) is 35.7 Å². The molecule has 1 aliphatic rings. The Hall–Kier alpha value is -2.02. The fourth-order valence-electron chi connectivity index (χ4n) is 2.07. The smallest absolute Gasteiger partial charge is 0.308 e. The van der Waals surface area contributed by atoms with Crippen LogP contribution in [0.25, 0.3) is 0 Å². The van der Waals surface area contributed by atoms with Crippen molar-refractivity contribution in [3.63, 3.8) is 0 Å². The van der Waals surface area contributed by atoms with Crippen LogP contribution in [0.2, 0.25) is 0 Å². The minimum absolute atomic E-state index is 0.0732. The first-order valence-corrected chi connectivity index (χ1v) is 8.43. The number of rotatable bonds is 6. The minimum atomic E-state index is -0.863. The van der Waals surface area contributed by atoms with Crippen LogP contribution in [0.4, 0.5) is 5.69 Å². The van der Waals surface area contributed by atoms with E-state index in [2.05, 4.69) is 10.6 Å². The fourth-order valence-corrected chi connectivity index (χ4v) is 3.16. The second kappa shape index (κ2) is 8.01. The van der Waals surface area contributed by atoms with Crippen molar-refractivity contribution in [2.45, 2.75) is 42.9 Å². The second-order valence-corrected chi connectivity index (χ2v) is 6.46. The van der Waals surface area contributed by atoms with E-state index in [-0.39, 0.29) is 18.2 Å². The van der Waals surface area contributed by atoms with Crippen molar-refractivity contribution >= 4 is 35.2 Å². The van der Waals surface area contributed by atoms with Crippen LogP contribution < -0.4 is 10.6 Å². The van der Waals surface area contributed by atoms with Crippen LogP contribution in [-0.2, 0) is 19.1 Å². The van der Waals surface area contributed by atoms with E-state index in [4.69, 9.17) is 4.74 Å². The lowest BCUT2D eigenvalue weighted by Crippen LogP contribution is -2.37. The van der Waals surface area contributed by atoms with E-state index in [0.29, 0.717) is 6.54 Å².